The van der Waals surface area contributed by atoms with Crippen LogP contribution < -0.4 is 4.90 Å². The highest BCUT2D eigenvalue weighted by molar-refractivity contribution is 5.95. The summed E-state index contributed by atoms with van der Waals surface area (Å²) in [7, 11) is 0. The Hall–Kier alpha value is -2.76. The largest absolute Gasteiger partial charge is 0.332 e. The first-order valence-electron chi connectivity index (χ1n) is 12.6. The molecule has 0 bridgehead atoms. The van der Waals surface area contributed by atoms with Crippen LogP contribution in [0.1, 0.15) is 80.1 Å². The second kappa shape index (κ2) is 9.62. The number of hydrogen-bond donors (Lipinski definition) is 0. The van der Waals surface area contributed by atoms with Gasteiger partial charge in [-0.05, 0) is 57.4 Å². The van der Waals surface area contributed by atoms with Crippen molar-refractivity contribution in [3.05, 3.63) is 53.0 Å². The molecule has 6 heteroatoms. The number of aromatic nitrogens is 2. The van der Waals surface area contributed by atoms with E-state index in [-0.39, 0.29) is 23.8 Å². The van der Waals surface area contributed by atoms with Gasteiger partial charge in [-0.25, -0.2) is 9.97 Å². The fraction of sp³-hybridized carbons (Fsp3) is 0.556. The summed E-state index contributed by atoms with van der Waals surface area (Å²) < 4.78 is 0. The third-order valence-electron chi connectivity index (χ3n) is 7.58. The summed E-state index contributed by atoms with van der Waals surface area (Å²) in [6, 6.07) is 10.3. The zero-order valence-corrected chi connectivity index (χ0v) is 19.6. The highest BCUT2D eigenvalue weighted by atomic mass is 16.2. The molecule has 1 aliphatic carbocycles. The molecule has 1 unspecified atom stereocenters. The van der Waals surface area contributed by atoms with E-state index < -0.39 is 0 Å². The Morgan fingerprint density at radius 1 is 1.03 bits per heavy atom. The minimum Gasteiger partial charge on any atom is -0.332 e. The van der Waals surface area contributed by atoms with Gasteiger partial charge in [0, 0.05) is 36.7 Å². The van der Waals surface area contributed by atoms with Crippen molar-refractivity contribution < 1.29 is 9.59 Å². The first kappa shape index (κ1) is 22.1. The number of rotatable bonds is 6. The van der Waals surface area contributed by atoms with Crippen molar-refractivity contribution in [2.24, 2.45) is 5.92 Å². The summed E-state index contributed by atoms with van der Waals surface area (Å²) in [6.45, 7) is 3.48. The lowest BCUT2D eigenvalue weighted by Gasteiger charge is -2.31. The molecule has 0 spiro atoms. The fourth-order valence-corrected chi connectivity index (χ4v) is 5.77. The number of benzene rings is 1. The first-order valence-corrected chi connectivity index (χ1v) is 12.6. The molecule has 1 aromatic carbocycles. The topological polar surface area (TPSA) is 66.4 Å². The van der Waals surface area contributed by atoms with Gasteiger partial charge in [0.05, 0.1) is 6.04 Å². The van der Waals surface area contributed by atoms with Crippen LogP contribution in [0.15, 0.2) is 30.3 Å². The highest BCUT2D eigenvalue weighted by Crippen LogP contribution is 2.37. The molecule has 33 heavy (non-hydrogen) atoms. The molecule has 0 radical (unpaired) electrons. The third kappa shape index (κ3) is 4.53. The highest BCUT2D eigenvalue weighted by Gasteiger charge is 2.38. The molecule has 2 aromatic rings. The number of fused-ring (bicyclic) bond motifs is 1. The van der Waals surface area contributed by atoms with E-state index in [4.69, 9.17) is 9.97 Å². The van der Waals surface area contributed by atoms with Crippen LogP contribution >= 0.6 is 0 Å². The molecular formula is C27H34N4O2. The SMILES string of the molecule is Cc1nc(C2CCCN2C(=O)C2CCCC2)nc2c1CCC(=O)N2CCCc1ccccc1. The van der Waals surface area contributed by atoms with Gasteiger partial charge < -0.3 is 4.90 Å². The van der Waals surface area contributed by atoms with E-state index >= 15 is 0 Å². The maximum atomic E-state index is 13.2. The summed E-state index contributed by atoms with van der Waals surface area (Å²) in [4.78, 5) is 39.8. The van der Waals surface area contributed by atoms with Gasteiger partial charge in [0.15, 0.2) is 5.82 Å². The van der Waals surface area contributed by atoms with Crippen molar-refractivity contribution in [2.45, 2.75) is 77.2 Å². The Kier molecular flexibility index (Phi) is 6.43. The number of aryl methyl sites for hydroxylation is 2. The number of carbonyl (C=O) groups excluding carboxylic acids is 2. The summed E-state index contributed by atoms with van der Waals surface area (Å²) in [5.74, 6) is 2.09. The smallest absolute Gasteiger partial charge is 0.228 e. The predicted molar refractivity (Wildman–Crippen MR) is 128 cm³/mol. The summed E-state index contributed by atoms with van der Waals surface area (Å²) in [5, 5.41) is 0. The Labute approximate surface area is 196 Å². The van der Waals surface area contributed by atoms with Crippen LogP contribution in [0, 0.1) is 12.8 Å². The summed E-state index contributed by atoms with van der Waals surface area (Å²) in [6.07, 6.45) is 9.26. The molecule has 6 nitrogen and oxygen atoms in total. The molecule has 1 saturated carbocycles. The number of nitrogens with zero attached hydrogens (tertiary/aromatic N) is 4. The zero-order chi connectivity index (χ0) is 22.8. The van der Waals surface area contributed by atoms with Crippen LogP contribution in [0.5, 0.6) is 0 Å². The van der Waals surface area contributed by atoms with E-state index in [0.29, 0.717) is 19.4 Å². The van der Waals surface area contributed by atoms with Gasteiger partial charge in [-0.15, -0.1) is 0 Å². The molecule has 2 amide bonds. The average molecular weight is 447 g/mol. The molecule has 1 aromatic heterocycles. The van der Waals surface area contributed by atoms with Gasteiger partial charge in [0.1, 0.15) is 5.82 Å². The quantitative estimate of drug-likeness (QED) is 0.653. The van der Waals surface area contributed by atoms with Crippen molar-refractivity contribution in [3.8, 4) is 0 Å². The lowest BCUT2D eigenvalue weighted by Crippen LogP contribution is -2.39. The van der Waals surface area contributed by atoms with Crippen LogP contribution in [0.25, 0.3) is 0 Å². The minimum atomic E-state index is -0.0645. The van der Waals surface area contributed by atoms with Crippen molar-refractivity contribution in [2.75, 3.05) is 18.0 Å². The van der Waals surface area contributed by atoms with Crippen LogP contribution in [-0.2, 0) is 22.4 Å². The van der Waals surface area contributed by atoms with Gasteiger partial charge in [-0.2, -0.15) is 0 Å². The molecule has 2 aliphatic heterocycles. The molecule has 174 valence electrons. The molecule has 0 N–H and O–H groups in total. The minimum absolute atomic E-state index is 0.0645. The molecule has 3 heterocycles. The number of carbonyl (C=O) groups is 2. The molecule has 5 rings (SSSR count). The maximum absolute atomic E-state index is 13.2. The lowest BCUT2D eigenvalue weighted by molar-refractivity contribution is -0.136. The summed E-state index contributed by atoms with van der Waals surface area (Å²) >= 11 is 0. The monoisotopic (exact) mass is 446 g/mol. The van der Waals surface area contributed by atoms with Gasteiger partial charge in [0.2, 0.25) is 11.8 Å². The van der Waals surface area contributed by atoms with Gasteiger partial charge >= 0.3 is 0 Å². The standard InChI is InChI=1S/C27H34N4O2/c1-19-22-15-16-24(32)31(18-7-11-20-9-3-2-4-10-20)26(22)29-25(28-19)23-14-8-17-30(23)27(33)21-12-5-6-13-21/h2-4,9-10,21,23H,5-8,11-18H2,1H3. The van der Waals surface area contributed by atoms with Crippen molar-refractivity contribution in [3.63, 3.8) is 0 Å². The Morgan fingerprint density at radius 2 is 1.82 bits per heavy atom. The van der Waals surface area contributed by atoms with Crippen molar-refractivity contribution in [1.82, 2.24) is 14.9 Å². The van der Waals surface area contributed by atoms with Crippen LogP contribution in [0.2, 0.25) is 0 Å². The lowest BCUT2D eigenvalue weighted by atomic mass is 10.0. The normalized spacial score (nSPS) is 21.0. The van der Waals surface area contributed by atoms with E-state index in [1.165, 1.54) is 5.56 Å². The van der Waals surface area contributed by atoms with Crippen LogP contribution in [0.3, 0.4) is 0 Å². The van der Waals surface area contributed by atoms with E-state index in [0.717, 1.165) is 80.8 Å². The van der Waals surface area contributed by atoms with Crippen molar-refractivity contribution in [1.29, 1.82) is 0 Å². The fourth-order valence-electron chi connectivity index (χ4n) is 5.77. The number of hydrogen-bond acceptors (Lipinski definition) is 4. The van der Waals surface area contributed by atoms with E-state index in [9.17, 15) is 9.59 Å². The zero-order valence-electron chi connectivity index (χ0n) is 19.6. The first-order chi connectivity index (χ1) is 16.1. The number of anilines is 1. The molecule has 3 aliphatic rings. The predicted octanol–water partition coefficient (Wildman–Crippen LogP) is 4.55. The summed E-state index contributed by atoms with van der Waals surface area (Å²) in [5.41, 5.74) is 3.33. The van der Waals surface area contributed by atoms with Gasteiger partial charge in [-0.1, -0.05) is 43.2 Å². The van der Waals surface area contributed by atoms with E-state index in [1.54, 1.807) is 0 Å². The van der Waals surface area contributed by atoms with Gasteiger partial charge in [-0.3, -0.25) is 14.5 Å². The third-order valence-corrected chi connectivity index (χ3v) is 7.58. The molecule has 2 fully saturated rings. The van der Waals surface area contributed by atoms with Crippen molar-refractivity contribution >= 4 is 17.6 Å². The van der Waals surface area contributed by atoms with Crippen LogP contribution in [-0.4, -0.2) is 39.8 Å². The second-order valence-corrected chi connectivity index (χ2v) is 9.77. The molecule has 1 atom stereocenters. The maximum Gasteiger partial charge on any atom is 0.228 e. The average Bonchev–Trinajstić information content (AvgIpc) is 3.53. The molecular weight excluding hydrogens is 412 g/mol. The second-order valence-electron chi connectivity index (χ2n) is 9.77. The Morgan fingerprint density at radius 3 is 2.61 bits per heavy atom. The van der Waals surface area contributed by atoms with Crippen LogP contribution in [0.4, 0.5) is 5.82 Å². The van der Waals surface area contributed by atoms with E-state index in [1.807, 2.05) is 22.8 Å². The van der Waals surface area contributed by atoms with E-state index in [2.05, 4.69) is 24.3 Å². The van der Waals surface area contributed by atoms with Gasteiger partial charge in [0.25, 0.3) is 0 Å². The number of likely N-dealkylation sites (tertiary alicyclic amines) is 1. The Bertz CT molecular complexity index is 1020. The molecule has 1 saturated heterocycles. The number of amides is 2. The Balaban J connectivity index is 1.37.